The van der Waals surface area contributed by atoms with Gasteiger partial charge in [-0.05, 0) is 12.8 Å². The van der Waals surface area contributed by atoms with E-state index in [2.05, 4.69) is 0 Å². The molecular formula is C7H11ClO2. The molecule has 1 aliphatic heterocycles. The highest BCUT2D eigenvalue weighted by atomic mass is 35.5. The average molecular weight is 163 g/mol. The van der Waals surface area contributed by atoms with E-state index in [9.17, 15) is 4.79 Å². The Morgan fingerprint density at radius 2 is 2.20 bits per heavy atom. The highest BCUT2D eigenvalue weighted by Crippen LogP contribution is 2.36. The van der Waals surface area contributed by atoms with Crippen molar-refractivity contribution in [3.8, 4) is 0 Å². The van der Waals surface area contributed by atoms with Crippen molar-refractivity contribution in [1.29, 1.82) is 0 Å². The van der Waals surface area contributed by atoms with Crippen molar-refractivity contribution in [2.45, 2.75) is 19.3 Å². The minimum Gasteiger partial charge on any atom is -0.465 e. The van der Waals surface area contributed by atoms with Crippen LogP contribution in [0.25, 0.3) is 0 Å². The summed E-state index contributed by atoms with van der Waals surface area (Å²) in [6, 6.07) is 0. The lowest BCUT2D eigenvalue weighted by Gasteiger charge is -1.97. The van der Waals surface area contributed by atoms with Crippen LogP contribution in [-0.4, -0.2) is 12.6 Å². The van der Waals surface area contributed by atoms with Crippen LogP contribution in [0.2, 0.25) is 0 Å². The van der Waals surface area contributed by atoms with Gasteiger partial charge in [0.05, 0.1) is 12.5 Å². The maximum Gasteiger partial charge on any atom is 0.309 e. The third-order valence-corrected chi connectivity index (χ3v) is 2.40. The molecule has 2 rings (SSSR count). The van der Waals surface area contributed by atoms with Crippen LogP contribution in [0.3, 0.4) is 0 Å². The van der Waals surface area contributed by atoms with Gasteiger partial charge in [-0.15, -0.1) is 12.4 Å². The number of hydrogen-bond donors (Lipinski definition) is 0. The van der Waals surface area contributed by atoms with Crippen molar-refractivity contribution in [3.63, 3.8) is 0 Å². The molecule has 1 aliphatic carbocycles. The van der Waals surface area contributed by atoms with Gasteiger partial charge in [-0.1, -0.05) is 6.42 Å². The zero-order chi connectivity index (χ0) is 6.27. The van der Waals surface area contributed by atoms with Crippen molar-refractivity contribution in [2.75, 3.05) is 6.61 Å². The first-order chi connectivity index (χ1) is 4.38. The van der Waals surface area contributed by atoms with Gasteiger partial charge in [-0.25, -0.2) is 0 Å². The second kappa shape index (κ2) is 2.79. The predicted molar refractivity (Wildman–Crippen MR) is 39.0 cm³/mol. The zero-order valence-electron chi connectivity index (χ0n) is 5.71. The predicted octanol–water partition coefficient (Wildman–Crippen LogP) is 1.38. The van der Waals surface area contributed by atoms with Crippen molar-refractivity contribution in [2.24, 2.45) is 11.8 Å². The lowest BCUT2D eigenvalue weighted by Crippen LogP contribution is -2.07. The Morgan fingerprint density at radius 3 is 2.90 bits per heavy atom. The van der Waals surface area contributed by atoms with Crippen LogP contribution >= 0.6 is 12.4 Å². The van der Waals surface area contributed by atoms with Crippen LogP contribution in [0.5, 0.6) is 0 Å². The third-order valence-electron chi connectivity index (χ3n) is 2.40. The average Bonchev–Trinajstić information content (AvgIpc) is 2.35. The number of carbonyl (C=O) groups excluding carboxylic acids is 1. The van der Waals surface area contributed by atoms with Crippen LogP contribution in [0, 0.1) is 11.8 Å². The zero-order valence-corrected chi connectivity index (χ0v) is 6.52. The van der Waals surface area contributed by atoms with Crippen LogP contribution in [-0.2, 0) is 9.53 Å². The molecule has 0 aromatic rings. The molecule has 0 spiro atoms. The molecule has 0 amide bonds. The molecule has 2 nitrogen and oxygen atoms in total. The van der Waals surface area contributed by atoms with E-state index in [0.29, 0.717) is 12.5 Å². The monoisotopic (exact) mass is 162 g/mol. The number of halogens is 1. The number of cyclic esters (lactones) is 1. The Kier molecular flexibility index (Phi) is 2.19. The van der Waals surface area contributed by atoms with Gasteiger partial charge in [-0.3, -0.25) is 4.79 Å². The quantitative estimate of drug-likeness (QED) is 0.503. The molecule has 0 aromatic heterocycles. The molecule has 2 fully saturated rings. The largest absolute Gasteiger partial charge is 0.465 e. The first-order valence-electron chi connectivity index (χ1n) is 3.54. The standard InChI is InChI=1S/C7H10O2.ClH/c8-7-6-3-1-2-5(6)4-9-7;/h5-6H,1-4H2;1H. The van der Waals surface area contributed by atoms with E-state index in [-0.39, 0.29) is 24.3 Å². The lowest BCUT2D eigenvalue weighted by atomic mass is 10.0. The third kappa shape index (κ3) is 1.01. The number of fused-ring (bicyclic) bond motifs is 1. The first kappa shape index (κ1) is 7.86. The van der Waals surface area contributed by atoms with Crippen molar-refractivity contribution >= 4 is 18.4 Å². The maximum absolute atomic E-state index is 10.8. The molecule has 2 unspecified atom stereocenters. The summed E-state index contributed by atoms with van der Waals surface area (Å²) in [6.07, 6.45) is 3.50. The highest BCUT2D eigenvalue weighted by molar-refractivity contribution is 5.85. The van der Waals surface area contributed by atoms with Crippen molar-refractivity contribution in [3.05, 3.63) is 0 Å². The number of esters is 1. The van der Waals surface area contributed by atoms with Gasteiger partial charge in [0.2, 0.25) is 0 Å². The Bertz CT molecular complexity index is 147. The Morgan fingerprint density at radius 1 is 1.40 bits per heavy atom. The summed E-state index contributed by atoms with van der Waals surface area (Å²) in [5.74, 6) is 0.917. The van der Waals surface area contributed by atoms with E-state index in [1.165, 1.54) is 12.8 Å². The summed E-state index contributed by atoms with van der Waals surface area (Å²) in [7, 11) is 0. The molecular weight excluding hydrogens is 152 g/mol. The SMILES string of the molecule is Cl.O=C1OCC2CCCC12. The van der Waals surface area contributed by atoms with Crippen molar-refractivity contribution < 1.29 is 9.53 Å². The molecule has 1 saturated heterocycles. The minimum atomic E-state index is 0. The molecule has 0 aromatic carbocycles. The molecule has 0 radical (unpaired) electrons. The number of carbonyl (C=O) groups is 1. The molecule has 2 atom stereocenters. The van der Waals surface area contributed by atoms with E-state index >= 15 is 0 Å². The Balaban J connectivity index is 0.000000500. The number of hydrogen-bond acceptors (Lipinski definition) is 2. The van der Waals surface area contributed by atoms with Gasteiger partial charge in [0, 0.05) is 5.92 Å². The normalized spacial score (nSPS) is 36.6. The lowest BCUT2D eigenvalue weighted by molar-refractivity contribution is -0.141. The molecule has 3 heteroatoms. The fraction of sp³-hybridized carbons (Fsp3) is 0.857. The molecule has 2 aliphatic rings. The molecule has 0 N–H and O–H groups in total. The van der Waals surface area contributed by atoms with E-state index in [4.69, 9.17) is 4.74 Å². The van der Waals surface area contributed by atoms with Crippen LogP contribution in [0.1, 0.15) is 19.3 Å². The van der Waals surface area contributed by atoms with E-state index in [1.54, 1.807) is 0 Å². The summed E-state index contributed by atoms with van der Waals surface area (Å²) in [5, 5.41) is 0. The van der Waals surface area contributed by atoms with Gasteiger partial charge >= 0.3 is 5.97 Å². The van der Waals surface area contributed by atoms with Crippen LogP contribution in [0.15, 0.2) is 0 Å². The molecule has 0 bridgehead atoms. The minimum absolute atomic E-state index is 0. The van der Waals surface area contributed by atoms with E-state index < -0.39 is 0 Å². The summed E-state index contributed by atoms with van der Waals surface area (Å²) in [5.41, 5.74) is 0. The van der Waals surface area contributed by atoms with E-state index in [0.717, 1.165) is 6.42 Å². The van der Waals surface area contributed by atoms with Gasteiger partial charge in [0.1, 0.15) is 0 Å². The first-order valence-corrected chi connectivity index (χ1v) is 3.54. The molecule has 1 heterocycles. The summed E-state index contributed by atoms with van der Waals surface area (Å²) < 4.78 is 4.88. The van der Waals surface area contributed by atoms with E-state index in [1.807, 2.05) is 0 Å². The van der Waals surface area contributed by atoms with Gasteiger partial charge in [0.15, 0.2) is 0 Å². The smallest absolute Gasteiger partial charge is 0.309 e. The Hall–Kier alpha value is -0.240. The molecule has 1 saturated carbocycles. The topological polar surface area (TPSA) is 26.3 Å². The Labute approximate surface area is 66.3 Å². The van der Waals surface area contributed by atoms with Gasteiger partial charge in [0.25, 0.3) is 0 Å². The van der Waals surface area contributed by atoms with Crippen LogP contribution in [0.4, 0.5) is 0 Å². The van der Waals surface area contributed by atoms with Crippen LogP contribution < -0.4 is 0 Å². The summed E-state index contributed by atoms with van der Waals surface area (Å²) >= 11 is 0. The summed E-state index contributed by atoms with van der Waals surface area (Å²) in [6.45, 7) is 0.698. The van der Waals surface area contributed by atoms with Gasteiger partial charge in [-0.2, -0.15) is 0 Å². The fourth-order valence-electron chi connectivity index (χ4n) is 1.84. The number of rotatable bonds is 0. The van der Waals surface area contributed by atoms with Crippen molar-refractivity contribution in [1.82, 2.24) is 0 Å². The fourth-order valence-corrected chi connectivity index (χ4v) is 1.84. The molecule has 10 heavy (non-hydrogen) atoms. The summed E-state index contributed by atoms with van der Waals surface area (Å²) in [4.78, 5) is 10.8. The highest BCUT2D eigenvalue weighted by Gasteiger charge is 2.39. The second-order valence-corrected chi connectivity index (χ2v) is 2.93. The number of ether oxygens (including phenoxy) is 1. The van der Waals surface area contributed by atoms with Gasteiger partial charge < -0.3 is 4.74 Å². The second-order valence-electron chi connectivity index (χ2n) is 2.93. The molecule has 58 valence electrons. The maximum atomic E-state index is 10.8.